The van der Waals surface area contributed by atoms with Crippen LogP contribution < -0.4 is 5.73 Å². The number of rotatable bonds is 2. The molecule has 0 bridgehead atoms. The molecule has 1 heterocycles. The first-order chi connectivity index (χ1) is 7.80. The van der Waals surface area contributed by atoms with Gasteiger partial charge in [-0.2, -0.15) is 0 Å². The van der Waals surface area contributed by atoms with Gasteiger partial charge in [0.15, 0.2) is 9.84 Å². The lowest BCUT2D eigenvalue weighted by Crippen LogP contribution is -2.00. The van der Waals surface area contributed by atoms with Gasteiger partial charge in [-0.15, -0.1) is 0 Å². The van der Waals surface area contributed by atoms with Crippen LogP contribution in [0.15, 0.2) is 27.5 Å². The highest BCUT2D eigenvalue weighted by Crippen LogP contribution is 2.29. The van der Waals surface area contributed by atoms with Crippen molar-refractivity contribution < 1.29 is 22.7 Å². The van der Waals surface area contributed by atoms with Gasteiger partial charge in [0.2, 0.25) is 5.88 Å². The first-order valence-corrected chi connectivity index (χ1v) is 6.45. The smallest absolute Gasteiger partial charge is 0.341 e. The second-order valence-electron chi connectivity index (χ2n) is 3.58. The third-order valence-electron chi connectivity index (χ3n) is 2.33. The molecular weight excluding hydrogens is 246 g/mol. The molecule has 1 aromatic carbocycles. The summed E-state index contributed by atoms with van der Waals surface area (Å²) in [4.78, 5) is 11.0. The van der Waals surface area contributed by atoms with E-state index in [1.807, 2.05) is 0 Å². The molecule has 6 nitrogen and oxygen atoms in total. The standard InChI is InChI=1S/C10H9NO5S/c1-17(14,15)5-2-3-7-6(4-5)8(10(12)13)9(11)16-7/h2-4H,11H2,1H3,(H,12,13). The van der Waals surface area contributed by atoms with Crippen LogP contribution in [0.5, 0.6) is 0 Å². The van der Waals surface area contributed by atoms with Gasteiger partial charge in [0.1, 0.15) is 11.1 Å². The van der Waals surface area contributed by atoms with Crippen molar-refractivity contribution in [1.82, 2.24) is 0 Å². The second-order valence-corrected chi connectivity index (χ2v) is 5.59. The van der Waals surface area contributed by atoms with Crippen LogP contribution in [0.1, 0.15) is 10.4 Å². The van der Waals surface area contributed by atoms with Gasteiger partial charge in [0, 0.05) is 11.6 Å². The second kappa shape index (κ2) is 3.49. The lowest BCUT2D eigenvalue weighted by atomic mass is 10.1. The molecule has 0 atom stereocenters. The summed E-state index contributed by atoms with van der Waals surface area (Å²) < 4.78 is 27.7. The van der Waals surface area contributed by atoms with Crippen molar-refractivity contribution in [1.29, 1.82) is 0 Å². The van der Waals surface area contributed by atoms with Crippen molar-refractivity contribution >= 4 is 32.7 Å². The number of hydrogen-bond donors (Lipinski definition) is 2. The Bertz CT molecular complexity index is 714. The first-order valence-electron chi connectivity index (χ1n) is 4.56. The molecule has 0 radical (unpaired) electrons. The Hall–Kier alpha value is -2.02. The Morgan fingerprint density at radius 2 is 2.06 bits per heavy atom. The van der Waals surface area contributed by atoms with E-state index < -0.39 is 15.8 Å². The van der Waals surface area contributed by atoms with Crippen LogP contribution in [0.2, 0.25) is 0 Å². The number of hydrogen-bond acceptors (Lipinski definition) is 5. The number of furan rings is 1. The summed E-state index contributed by atoms with van der Waals surface area (Å²) >= 11 is 0. The summed E-state index contributed by atoms with van der Waals surface area (Å²) in [7, 11) is -3.40. The minimum absolute atomic E-state index is 0.0216. The van der Waals surface area contributed by atoms with Gasteiger partial charge >= 0.3 is 5.97 Å². The monoisotopic (exact) mass is 255 g/mol. The fourth-order valence-corrected chi connectivity index (χ4v) is 2.19. The number of carboxylic acids is 1. The maximum Gasteiger partial charge on any atom is 0.341 e. The largest absolute Gasteiger partial charge is 0.477 e. The number of carboxylic acid groups (broad SMARTS) is 1. The Kier molecular flexibility index (Phi) is 2.35. The highest BCUT2D eigenvalue weighted by atomic mass is 32.2. The van der Waals surface area contributed by atoms with Crippen LogP contribution in [0.4, 0.5) is 5.88 Å². The molecule has 0 amide bonds. The molecule has 2 rings (SSSR count). The van der Waals surface area contributed by atoms with Gasteiger partial charge in [-0.3, -0.25) is 0 Å². The molecule has 17 heavy (non-hydrogen) atoms. The van der Waals surface area contributed by atoms with E-state index in [1.165, 1.54) is 18.2 Å². The van der Waals surface area contributed by atoms with E-state index in [-0.39, 0.29) is 27.3 Å². The number of fused-ring (bicyclic) bond motifs is 1. The zero-order valence-electron chi connectivity index (χ0n) is 8.80. The summed E-state index contributed by atoms with van der Waals surface area (Å²) in [5, 5.41) is 9.14. The number of benzene rings is 1. The average Bonchev–Trinajstić information content (AvgIpc) is 2.50. The Labute approximate surface area is 96.6 Å². The number of aromatic carboxylic acids is 1. The molecule has 0 saturated heterocycles. The van der Waals surface area contributed by atoms with E-state index in [0.29, 0.717) is 0 Å². The molecule has 0 saturated carbocycles. The van der Waals surface area contributed by atoms with Crippen LogP contribution in [-0.2, 0) is 9.84 Å². The van der Waals surface area contributed by atoms with E-state index in [2.05, 4.69) is 0 Å². The van der Waals surface area contributed by atoms with Crippen LogP contribution in [0, 0.1) is 0 Å². The summed E-state index contributed by atoms with van der Waals surface area (Å²) in [5.41, 5.74) is 5.44. The minimum atomic E-state index is -3.40. The highest BCUT2D eigenvalue weighted by molar-refractivity contribution is 7.90. The lowest BCUT2D eigenvalue weighted by Gasteiger charge is -1.97. The van der Waals surface area contributed by atoms with E-state index in [9.17, 15) is 13.2 Å². The summed E-state index contributed by atoms with van der Waals surface area (Å²) in [6.45, 7) is 0. The SMILES string of the molecule is CS(=O)(=O)c1ccc2oc(N)c(C(=O)O)c2c1. The lowest BCUT2D eigenvalue weighted by molar-refractivity contribution is 0.0699. The Morgan fingerprint density at radius 3 is 2.59 bits per heavy atom. The maximum absolute atomic E-state index is 11.4. The fraction of sp³-hybridized carbons (Fsp3) is 0.100. The number of anilines is 1. The van der Waals surface area contributed by atoms with E-state index in [0.717, 1.165) is 6.26 Å². The van der Waals surface area contributed by atoms with Gasteiger partial charge in [-0.1, -0.05) is 0 Å². The van der Waals surface area contributed by atoms with E-state index >= 15 is 0 Å². The Balaban J connectivity index is 2.84. The normalized spacial score (nSPS) is 11.8. The van der Waals surface area contributed by atoms with Gasteiger partial charge < -0.3 is 15.3 Å². The third kappa shape index (κ3) is 1.84. The molecule has 0 aliphatic rings. The van der Waals surface area contributed by atoms with Crippen molar-refractivity contribution in [3.8, 4) is 0 Å². The van der Waals surface area contributed by atoms with Gasteiger partial charge in [0.05, 0.1) is 4.90 Å². The molecule has 0 spiro atoms. The van der Waals surface area contributed by atoms with Crippen LogP contribution in [-0.4, -0.2) is 25.7 Å². The third-order valence-corrected chi connectivity index (χ3v) is 3.44. The molecule has 90 valence electrons. The van der Waals surface area contributed by atoms with Crippen molar-refractivity contribution in [3.05, 3.63) is 23.8 Å². The fourth-order valence-electron chi connectivity index (χ4n) is 1.55. The van der Waals surface area contributed by atoms with Crippen molar-refractivity contribution in [3.63, 3.8) is 0 Å². The van der Waals surface area contributed by atoms with Gasteiger partial charge in [-0.25, -0.2) is 13.2 Å². The summed E-state index contributed by atoms with van der Waals surface area (Å²) in [6.07, 6.45) is 1.04. The molecule has 0 aliphatic heterocycles. The summed E-state index contributed by atoms with van der Waals surface area (Å²) in [6, 6.07) is 3.97. The zero-order chi connectivity index (χ0) is 12.8. The molecule has 0 unspecified atom stereocenters. The molecule has 7 heteroatoms. The highest BCUT2D eigenvalue weighted by Gasteiger charge is 2.20. The molecule has 1 aromatic heterocycles. The first kappa shape index (κ1) is 11.5. The number of carbonyl (C=O) groups is 1. The molecule has 3 N–H and O–H groups in total. The van der Waals surface area contributed by atoms with Crippen molar-refractivity contribution in [2.75, 3.05) is 12.0 Å². The zero-order valence-corrected chi connectivity index (χ0v) is 9.61. The van der Waals surface area contributed by atoms with Crippen LogP contribution in [0.3, 0.4) is 0 Å². The predicted octanol–water partition coefficient (Wildman–Crippen LogP) is 1.12. The summed E-state index contributed by atoms with van der Waals surface area (Å²) in [5.74, 6) is -1.50. The van der Waals surface area contributed by atoms with E-state index in [4.69, 9.17) is 15.3 Å². The van der Waals surface area contributed by atoms with E-state index in [1.54, 1.807) is 0 Å². The predicted molar refractivity (Wildman–Crippen MR) is 60.7 cm³/mol. The maximum atomic E-state index is 11.4. The van der Waals surface area contributed by atoms with Gasteiger partial charge in [0.25, 0.3) is 0 Å². The Morgan fingerprint density at radius 1 is 1.41 bits per heavy atom. The topological polar surface area (TPSA) is 111 Å². The minimum Gasteiger partial charge on any atom is -0.477 e. The van der Waals surface area contributed by atoms with Crippen LogP contribution in [0.25, 0.3) is 11.0 Å². The number of sulfone groups is 1. The number of nitrogens with two attached hydrogens (primary N) is 1. The van der Waals surface area contributed by atoms with Crippen molar-refractivity contribution in [2.24, 2.45) is 0 Å². The quantitative estimate of drug-likeness (QED) is 0.831. The van der Waals surface area contributed by atoms with Crippen molar-refractivity contribution in [2.45, 2.75) is 4.90 Å². The molecule has 0 aliphatic carbocycles. The average molecular weight is 255 g/mol. The molecular formula is C10H9NO5S. The van der Waals surface area contributed by atoms with Gasteiger partial charge in [-0.05, 0) is 18.2 Å². The van der Waals surface area contributed by atoms with Crippen LogP contribution >= 0.6 is 0 Å². The number of nitrogen functional groups attached to an aromatic ring is 1. The molecule has 2 aromatic rings. The molecule has 0 fully saturated rings.